The molecule has 0 aliphatic carbocycles. The lowest BCUT2D eigenvalue weighted by atomic mass is 9.95. The fourth-order valence-electron chi connectivity index (χ4n) is 4.41. The highest BCUT2D eigenvalue weighted by Crippen LogP contribution is 2.32. The van der Waals surface area contributed by atoms with Crippen molar-refractivity contribution in [2.45, 2.75) is 32.2 Å². The van der Waals surface area contributed by atoms with Crippen molar-refractivity contribution in [3.05, 3.63) is 82.6 Å². The van der Waals surface area contributed by atoms with Gasteiger partial charge >= 0.3 is 6.03 Å². The van der Waals surface area contributed by atoms with Crippen molar-refractivity contribution in [3.8, 4) is 11.1 Å². The Bertz CT molecular complexity index is 1330. The molecule has 1 fully saturated rings. The molecule has 186 valence electrons. The molecule has 0 spiro atoms. The Kier molecular flexibility index (Phi) is 7.55. The summed E-state index contributed by atoms with van der Waals surface area (Å²) < 4.78 is 14.0. The Morgan fingerprint density at radius 2 is 1.92 bits per heavy atom. The Morgan fingerprint density at radius 1 is 1.14 bits per heavy atom. The first-order valence-corrected chi connectivity index (χ1v) is 12.0. The molecule has 3 aromatic rings. The van der Waals surface area contributed by atoms with Gasteiger partial charge in [-0.3, -0.25) is 9.59 Å². The number of anilines is 2. The number of hydrogen-bond acceptors (Lipinski definition) is 3. The molecule has 4 rings (SSSR count). The van der Waals surface area contributed by atoms with Crippen LogP contribution in [0, 0.1) is 5.82 Å². The maximum Gasteiger partial charge on any atom is 0.319 e. The van der Waals surface area contributed by atoms with Gasteiger partial charge in [0.25, 0.3) is 0 Å². The lowest BCUT2D eigenvalue weighted by molar-refractivity contribution is -0.121. The van der Waals surface area contributed by atoms with Gasteiger partial charge in [0.15, 0.2) is 0 Å². The van der Waals surface area contributed by atoms with Crippen LogP contribution in [0.5, 0.6) is 0 Å². The smallest absolute Gasteiger partial charge is 0.319 e. The van der Waals surface area contributed by atoms with E-state index in [2.05, 4.69) is 10.6 Å². The van der Waals surface area contributed by atoms with E-state index in [4.69, 9.17) is 17.3 Å². The van der Waals surface area contributed by atoms with E-state index in [0.29, 0.717) is 31.4 Å². The third-order valence-electron chi connectivity index (χ3n) is 6.18. The molecule has 7 nitrogen and oxygen atoms in total. The molecule has 1 aliphatic rings. The maximum absolute atomic E-state index is 14.0. The topological polar surface area (TPSA) is 105 Å². The molecule has 1 heterocycles. The van der Waals surface area contributed by atoms with Crippen LogP contribution in [0.3, 0.4) is 0 Å². The predicted molar refractivity (Wildman–Crippen MR) is 139 cm³/mol. The summed E-state index contributed by atoms with van der Waals surface area (Å²) in [6.45, 7) is 2.50. The Labute approximate surface area is 213 Å². The van der Waals surface area contributed by atoms with Gasteiger partial charge in [0.05, 0.1) is 5.69 Å². The number of carbonyl (C=O) groups excluding carboxylic acids is 3. The molecular formula is C27H26ClFN4O3. The van der Waals surface area contributed by atoms with Crippen molar-refractivity contribution < 1.29 is 18.8 Å². The largest absolute Gasteiger partial charge is 0.366 e. The van der Waals surface area contributed by atoms with Crippen LogP contribution in [-0.4, -0.2) is 30.4 Å². The number of nitrogens with one attached hydrogen (secondary N) is 2. The summed E-state index contributed by atoms with van der Waals surface area (Å²) in [6, 6.07) is 15.3. The highest BCUT2D eigenvalue weighted by atomic mass is 35.5. The number of carbonyl (C=O) groups is 3. The zero-order chi connectivity index (χ0) is 25.8. The number of benzene rings is 3. The number of urea groups is 1. The standard InChI is InChI=1S/C27H26ClFN4O3/c1-2-16-14-17(19-6-3-4-7-20(19)25(30)34)9-12-24(16)33-13-5-8-23(26(33)35)32-27(36)31-22-11-10-18(28)15-21(22)29/h3-4,6-7,9-12,14-15,23H,2,5,8,13H2,1H3,(H2,30,34)(H2,31,32,36). The number of nitrogens with two attached hydrogens (primary N) is 1. The van der Waals surface area contributed by atoms with E-state index < -0.39 is 23.8 Å². The maximum atomic E-state index is 14.0. The highest BCUT2D eigenvalue weighted by molar-refractivity contribution is 6.30. The monoisotopic (exact) mass is 508 g/mol. The molecule has 1 atom stereocenters. The number of nitrogens with zero attached hydrogens (tertiary/aromatic N) is 1. The van der Waals surface area contributed by atoms with Crippen LogP contribution in [0.4, 0.5) is 20.6 Å². The number of amides is 4. The molecule has 0 saturated carbocycles. The molecule has 0 bridgehead atoms. The lowest BCUT2D eigenvalue weighted by Crippen LogP contribution is -2.53. The van der Waals surface area contributed by atoms with Crippen molar-refractivity contribution in [2.24, 2.45) is 5.73 Å². The van der Waals surface area contributed by atoms with Gasteiger partial charge in [0, 0.05) is 22.8 Å². The summed E-state index contributed by atoms with van der Waals surface area (Å²) in [7, 11) is 0. The van der Waals surface area contributed by atoms with Gasteiger partial charge in [-0.1, -0.05) is 42.8 Å². The summed E-state index contributed by atoms with van der Waals surface area (Å²) in [5, 5.41) is 5.31. The number of rotatable bonds is 6. The van der Waals surface area contributed by atoms with Crippen LogP contribution in [0.25, 0.3) is 11.1 Å². The van der Waals surface area contributed by atoms with Crippen LogP contribution in [0.1, 0.15) is 35.7 Å². The number of aryl methyl sites for hydroxylation is 1. The van der Waals surface area contributed by atoms with Crippen LogP contribution in [-0.2, 0) is 11.2 Å². The van der Waals surface area contributed by atoms with E-state index in [1.165, 1.54) is 12.1 Å². The second kappa shape index (κ2) is 10.8. The summed E-state index contributed by atoms with van der Waals surface area (Å²) in [6.07, 6.45) is 1.80. The fraction of sp³-hybridized carbons (Fsp3) is 0.222. The van der Waals surface area contributed by atoms with E-state index >= 15 is 0 Å². The third kappa shape index (κ3) is 5.33. The van der Waals surface area contributed by atoms with Crippen LogP contribution < -0.4 is 21.3 Å². The number of primary amides is 1. The van der Waals surface area contributed by atoms with E-state index in [9.17, 15) is 18.8 Å². The van der Waals surface area contributed by atoms with Crippen molar-refractivity contribution in [1.29, 1.82) is 0 Å². The van der Waals surface area contributed by atoms with Gasteiger partial charge in [0.2, 0.25) is 11.8 Å². The first kappa shape index (κ1) is 25.2. The van der Waals surface area contributed by atoms with E-state index in [1.807, 2.05) is 37.3 Å². The van der Waals surface area contributed by atoms with Gasteiger partial charge in [-0.25, -0.2) is 9.18 Å². The Hall–Kier alpha value is -3.91. The van der Waals surface area contributed by atoms with Gasteiger partial charge in [-0.05, 0) is 72.4 Å². The van der Waals surface area contributed by atoms with Crippen LogP contribution in [0.2, 0.25) is 5.02 Å². The second-order valence-electron chi connectivity index (χ2n) is 8.51. The van der Waals surface area contributed by atoms with Crippen molar-refractivity contribution in [2.75, 3.05) is 16.8 Å². The molecule has 4 amide bonds. The highest BCUT2D eigenvalue weighted by Gasteiger charge is 2.32. The molecule has 0 aromatic heterocycles. The molecule has 36 heavy (non-hydrogen) atoms. The minimum Gasteiger partial charge on any atom is -0.366 e. The van der Waals surface area contributed by atoms with E-state index in [0.717, 1.165) is 28.4 Å². The molecule has 1 aliphatic heterocycles. The number of hydrogen-bond donors (Lipinski definition) is 3. The zero-order valence-electron chi connectivity index (χ0n) is 19.7. The number of piperidine rings is 1. The van der Waals surface area contributed by atoms with Crippen molar-refractivity contribution in [3.63, 3.8) is 0 Å². The lowest BCUT2D eigenvalue weighted by Gasteiger charge is -2.34. The Morgan fingerprint density at radius 3 is 2.64 bits per heavy atom. The normalized spacial score (nSPS) is 15.5. The molecule has 3 aromatic carbocycles. The van der Waals surface area contributed by atoms with E-state index in [1.54, 1.807) is 17.0 Å². The summed E-state index contributed by atoms with van der Waals surface area (Å²) in [5.74, 6) is -1.42. The average molecular weight is 509 g/mol. The van der Waals surface area contributed by atoms with Crippen molar-refractivity contribution in [1.82, 2.24) is 5.32 Å². The summed E-state index contributed by atoms with van der Waals surface area (Å²) >= 11 is 5.75. The number of halogens is 2. The minimum atomic E-state index is -0.755. The average Bonchev–Trinajstić information content (AvgIpc) is 2.86. The van der Waals surface area contributed by atoms with Gasteiger partial charge in [-0.2, -0.15) is 0 Å². The SMILES string of the molecule is CCc1cc(-c2ccccc2C(N)=O)ccc1N1CCCC(NC(=O)Nc2ccc(Cl)cc2F)C1=O. The van der Waals surface area contributed by atoms with E-state index in [-0.39, 0.29) is 16.6 Å². The van der Waals surface area contributed by atoms with Gasteiger partial charge in [0.1, 0.15) is 11.9 Å². The molecule has 9 heteroatoms. The third-order valence-corrected chi connectivity index (χ3v) is 6.41. The van der Waals surface area contributed by atoms with Crippen LogP contribution in [0.15, 0.2) is 60.7 Å². The molecule has 1 saturated heterocycles. The second-order valence-corrected chi connectivity index (χ2v) is 8.95. The van der Waals surface area contributed by atoms with Crippen LogP contribution >= 0.6 is 11.6 Å². The molecule has 4 N–H and O–H groups in total. The first-order valence-electron chi connectivity index (χ1n) is 11.6. The van der Waals surface area contributed by atoms with Gasteiger partial charge < -0.3 is 21.3 Å². The summed E-state index contributed by atoms with van der Waals surface area (Å²) in [4.78, 5) is 39.4. The van der Waals surface area contributed by atoms with Gasteiger partial charge in [-0.15, -0.1) is 0 Å². The minimum absolute atomic E-state index is 0.0304. The Balaban J connectivity index is 1.53. The zero-order valence-corrected chi connectivity index (χ0v) is 20.4. The summed E-state index contributed by atoms with van der Waals surface area (Å²) in [5.41, 5.74) is 9.17. The molecule has 0 radical (unpaired) electrons. The molecule has 1 unspecified atom stereocenters. The van der Waals surface area contributed by atoms with Crippen molar-refractivity contribution >= 4 is 40.8 Å². The first-order chi connectivity index (χ1) is 17.3. The quantitative estimate of drug-likeness (QED) is 0.430. The predicted octanol–water partition coefficient (Wildman–Crippen LogP) is 5.12. The fourth-order valence-corrected chi connectivity index (χ4v) is 4.56. The molecular weight excluding hydrogens is 483 g/mol.